The van der Waals surface area contributed by atoms with Crippen molar-refractivity contribution in [2.45, 2.75) is 63.7 Å². The lowest BCUT2D eigenvalue weighted by Crippen LogP contribution is -2.10. The molecule has 3 rings (SSSR count). The van der Waals surface area contributed by atoms with Crippen molar-refractivity contribution < 1.29 is 14.4 Å². The Morgan fingerprint density at radius 2 is 1.96 bits per heavy atom. The number of carboxylic acids is 1. The van der Waals surface area contributed by atoms with Crippen LogP contribution in [-0.4, -0.2) is 31.2 Å². The second-order valence-corrected chi connectivity index (χ2v) is 6.76. The first kappa shape index (κ1) is 17.5. The molecular formula is C18H24N4O3. The van der Waals surface area contributed by atoms with Gasteiger partial charge in [0.2, 0.25) is 17.5 Å². The van der Waals surface area contributed by atoms with Crippen molar-refractivity contribution in [1.29, 1.82) is 0 Å². The summed E-state index contributed by atoms with van der Waals surface area (Å²) in [6, 6.07) is 1.71. The minimum Gasteiger partial charge on any atom is -0.481 e. The molecule has 1 saturated carbocycles. The molecule has 134 valence electrons. The molecule has 0 amide bonds. The number of carbonyl (C=O) groups is 1. The average molecular weight is 344 g/mol. The summed E-state index contributed by atoms with van der Waals surface area (Å²) in [5.41, 5.74) is 0. The van der Waals surface area contributed by atoms with E-state index >= 15 is 0 Å². The highest BCUT2D eigenvalue weighted by Crippen LogP contribution is 2.31. The van der Waals surface area contributed by atoms with Crippen LogP contribution in [0.4, 0.5) is 0 Å². The molecule has 2 heterocycles. The maximum Gasteiger partial charge on any atom is 0.304 e. The van der Waals surface area contributed by atoms with Gasteiger partial charge in [0.15, 0.2) is 0 Å². The lowest BCUT2D eigenvalue weighted by molar-refractivity contribution is -0.137. The molecule has 0 aliphatic heterocycles. The van der Waals surface area contributed by atoms with Gasteiger partial charge in [-0.25, -0.2) is 9.97 Å². The summed E-state index contributed by atoms with van der Waals surface area (Å²) < 4.78 is 5.32. The van der Waals surface area contributed by atoms with E-state index in [1.165, 1.54) is 32.1 Å². The highest BCUT2D eigenvalue weighted by Gasteiger charge is 2.24. The zero-order valence-electron chi connectivity index (χ0n) is 14.3. The van der Waals surface area contributed by atoms with Gasteiger partial charge < -0.3 is 9.63 Å². The Hall–Kier alpha value is -2.31. The number of carboxylic acid groups (broad SMARTS) is 1. The fourth-order valence-electron chi connectivity index (χ4n) is 3.56. The average Bonchev–Trinajstić information content (AvgIpc) is 3.12. The molecule has 2 aromatic heterocycles. The second kappa shape index (κ2) is 8.69. The SMILES string of the molecule is O=C(O)CC(CCCC1CCCCC1)c1nc(-c2ncccn2)no1. The fourth-order valence-corrected chi connectivity index (χ4v) is 3.56. The standard InChI is InChI=1S/C18H24N4O3/c23-15(24)12-14(9-4-8-13-6-2-1-3-7-13)18-21-17(22-25-18)16-19-10-5-11-20-16/h5,10-11,13-14H,1-4,6-9,12H2,(H,23,24). The van der Waals surface area contributed by atoms with Crippen molar-refractivity contribution >= 4 is 5.97 Å². The summed E-state index contributed by atoms with van der Waals surface area (Å²) in [6.45, 7) is 0. The molecule has 7 heteroatoms. The summed E-state index contributed by atoms with van der Waals surface area (Å²) in [7, 11) is 0. The molecule has 1 N–H and O–H groups in total. The zero-order valence-corrected chi connectivity index (χ0v) is 14.3. The van der Waals surface area contributed by atoms with Crippen LogP contribution in [0.1, 0.15) is 69.6 Å². The van der Waals surface area contributed by atoms with Crippen molar-refractivity contribution in [3.05, 3.63) is 24.4 Å². The molecule has 7 nitrogen and oxygen atoms in total. The Labute approximate surface area is 146 Å². The van der Waals surface area contributed by atoms with E-state index in [1.54, 1.807) is 18.5 Å². The van der Waals surface area contributed by atoms with Crippen LogP contribution in [0.3, 0.4) is 0 Å². The molecule has 2 aromatic rings. The summed E-state index contributed by atoms with van der Waals surface area (Å²) in [5, 5.41) is 13.1. The molecule has 1 aliphatic rings. The van der Waals surface area contributed by atoms with E-state index in [1.807, 2.05) is 0 Å². The van der Waals surface area contributed by atoms with E-state index in [4.69, 9.17) is 4.52 Å². The van der Waals surface area contributed by atoms with Gasteiger partial charge in [-0.1, -0.05) is 50.1 Å². The van der Waals surface area contributed by atoms with Gasteiger partial charge in [0.1, 0.15) is 0 Å². The van der Waals surface area contributed by atoms with E-state index in [0.29, 0.717) is 17.5 Å². The van der Waals surface area contributed by atoms with Gasteiger partial charge in [0.25, 0.3) is 0 Å². The van der Waals surface area contributed by atoms with Gasteiger partial charge in [0, 0.05) is 18.3 Å². The lowest BCUT2D eigenvalue weighted by Gasteiger charge is -2.21. The Bertz CT molecular complexity index is 668. The van der Waals surface area contributed by atoms with Gasteiger partial charge in [-0.2, -0.15) is 4.98 Å². The van der Waals surface area contributed by atoms with E-state index in [0.717, 1.165) is 25.2 Å². The maximum absolute atomic E-state index is 11.2. The number of hydrogen-bond donors (Lipinski definition) is 1. The molecular weight excluding hydrogens is 320 g/mol. The molecule has 1 atom stereocenters. The molecule has 1 fully saturated rings. The number of hydrogen-bond acceptors (Lipinski definition) is 6. The first-order valence-corrected chi connectivity index (χ1v) is 9.05. The molecule has 0 radical (unpaired) electrons. The zero-order chi connectivity index (χ0) is 17.5. The summed E-state index contributed by atoms with van der Waals surface area (Å²) in [5.74, 6) is 0.736. The second-order valence-electron chi connectivity index (χ2n) is 6.76. The molecule has 0 aromatic carbocycles. The third kappa shape index (κ3) is 5.08. The topological polar surface area (TPSA) is 102 Å². The molecule has 25 heavy (non-hydrogen) atoms. The van der Waals surface area contributed by atoms with Crippen LogP contribution in [0.25, 0.3) is 11.6 Å². The van der Waals surface area contributed by atoms with Crippen molar-refractivity contribution in [1.82, 2.24) is 20.1 Å². The van der Waals surface area contributed by atoms with Gasteiger partial charge >= 0.3 is 5.97 Å². The van der Waals surface area contributed by atoms with Gasteiger partial charge in [0.05, 0.1) is 6.42 Å². The van der Waals surface area contributed by atoms with Crippen LogP contribution in [0.15, 0.2) is 23.0 Å². The summed E-state index contributed by atoms with van der Waals surface area (Å²) in [4.78, 5) is 23.7. The highest BCUT2D eigenvalue weighted by atomic mass is 16.5. The quantitative estimate of drug-likeness (QED) is 0.776. The van der Waals surface area contributed by atoms with Crippen LogP contribution >= 0.6 is 0 Å². The van der Waals surface area contributed by atoms with Gasteiger partial charge in [-0.3, -0.25) is 4.79 Å². The van der Waals surface area contributed by atoms with Gasteiger partial charge in [-0.15, -0.1) is 0 Å². The molecule has 0 bridgehead atoms. The summed E-state index contributed by atoms with van der Waals surface area (Å²) in [6.07, 6.45) is 12.7. The van der Waals surface area contributed by atoms with E-state index in [2.05, 4.69) is 20.1 Å². The largest absolute Gasteiger partial charge is 0.481 e. The fraction of sp³-hybridized carbons (Fsp3) is 0.611. The number of aromatic nitrogens is 4. The van der Waals surface area contributed by atoms with E-state index in [-0.39, 0.29) is 12.3 Å². The summed E-state index contributed by atoms with van der Waals surface area (Å²) >= 11 is 0. The Morgan fingerprint density at radius 1 is 1.20 bits per heavy atom. The smallest absolute Gasteiger partial charge is 0.304 e. The Kier molecular flexibility index (Phi) is 6.09. The Balaban J connectivity index is 1.62. The van der Waals surface area contributed by atoms with Crippen LogP contribution in [0.2, 0.25) is 0 Å². The van der Waals surface area contributed by atoms with Crippen molar-refractivity contribution in [3.8, 4) is 11.6 Å². The highest BCUT2D eigenvalue weighted by molar-refractivity contribution is 5.67. The molecule has 1 aliphatic carbocycles. The number of aliphatic carboxylic acids is 1. The monoisotopic (exact) mass is 344 g/mol. The van der Waals surface area contributed by atoms with Crippen LogP contribution in [0, 0.1) is 5.92 Å². The van der Waals surface area contributed by atoms with Crippen molar-refractivity contribution in [2.24, 2.45) is 5.92 Å². The van der Waals surface area contributed by atoms with Crippen LogP contribution in [0.5, 0.6) is 0 Å². The van der Waals surface area contributed by atoms with Crippen molar-refractivity contribution in [3.63, 3.8) is 0 Å². The predicted molar refractivity (Wildman–Crippen MR) is 90.7 cm³/mol. The van der Waals surface area contributed by atoms with E-state index < -0.39 is 5.97 Å². The minimum atomic E-state index is -0.849. The van der Waals surface area contributed by atoms with Crippen LogP contribution in [-0.2, 0) is 4.79 Å². The number of nitrogens with zero attached hydrogens (tertiary/aromatic N) is 4. The van der Waals surface area contributed by atoms with Crippen LogP contribution < -0.4 is 0 Å². The lowest BCUT2D eigenvalue weighted by atomic mass is 9.84. The maximum atomic E-state index is 11.2. The first-order chi connectivity index (χ1) is 12.2. The third-order valence-corrected chi connectivity index (χ3v) is 4.87. The Morgan fingerprint density at radius 3 is 2.68 bits per heavy atom. The van der Waals surface area contributed by atoms with Gasteiger partial charge in [-0.05, 0) is 18.4 Å². The molecule has 0 saturated heterocycles. The van der Waals surface area contributed by atoms with E-state index in [9.17, 15) is 9.90 Å². The number of rotatable bonds is 8. The van der Waals surface area contributed by atoms with Crippen molar-refractivity contribution in [2.75, 3.05) is 0 Å². The minimum absolute atomic E-state index is 0.00193. The predicted octanol–water partition coefficient (Wildman–Crippen LogP) is 3.84. The first-order valence-electron chi connectivity index (χ1n) is 9.05. The third-order valence-electron chi connectivity index (χ3n) is 4.87. The molecule has 0 spiro atoms. The molecule has 1 unspecified atom stereocenters. The normalized spacial score (nSPS) is 16.6.